The zero-order chi connectivity index (χ0) is 13.0. The molecule has 0 saturated carbocycles. The molecular formula is C13H17N3O2. The molecule has 0 aromatic carbocycles. The third-order valence-electron chi connectivity index (χ3n) is 3.49. The third kappa shape index (κ3) is 2.64. The molecule has 1 unspecified atom stereocenters. The molecule has 0 aromatic rings. The van der Waals surface area contributed by atoms with Gasteiger partial charge in [-0.15, -0.1) is 6.42 Å². The van der Waals surface area contributed by atoms with Crippen LogP contribution < -0.4 is 5.32 Å². The van der Waals surface area contributed by atoms with Crippen LogP contribution >= 0.6 is 0 Å². The Morgan fingerprint density at radius 3 is 2.83 bits per heavy atom. The summed E-state index contributed by atoms with van der Waals surface area (Å²) in [5.74, 6) is 2.50. The summed E-state index contributed by atoms with van der Waals surface area (Å²) in [6.07, 6.45) is 7.71. The monoisotopic (exact) mass is 247 g/mol. The fourth-order valence-corrected chi connectivity index (χ4v) is 2.47. The van der Waals surface area contributed by atoms with E-state index >= 15 is 0 Å². The van der Waals surface area contributed by atoms with Gasteiger partial charge in [-0.05, 0) is 19.3 Å². The van der Waals surface area contributed by atoms with Crippen molar-refractivity contribution in [2.45, 2.75) is 37.4 Å². The minimum atomic E-state index is -0.375. The highest BCUT2D eigenvalue weighted by atomic mass is 16.5. The van der Waals surface area contributed by atoms with E-state index in [0.29, 0.717) is 19.4 Å². The number of terminal acetylenes is 1. The van der Waals surface area contributed by atoms with Crippen LogP contribution in [-0.4, -0.2) is 48.7 Å². The fourth-order valence-electron chi connectivity index (χ4n) is 2.47. The molecule has 1 amide bonds. The molecule has 18 heavy (non-hydrogen) atoms. The van der Waals surface area contributed by atoms with Gasteiger partial charge in [0, 0.05) is 12.6 Å². The van der Waals surface area contributed by atoms with Crippen LogP contribution in [0.4, 0.5) is 0 Å². The molecule has 5 nitrogen and oxygen atoms in total. The lowest BCUT2D eigenvalue weighted by atomic mass is 10.2. The Kier molecular flexibility index (Phi) is 4.19. The van der Waals surface area contributed by atoms with E-state index in [1.54, 1.807) is 4.90 Å². The number of ether oxygens (including phenoxy) is 1. The largest absolute Gasteiger partial charge is 0.380 e. The Morgan fingerprint density at radius 2 is 2.22 bits per heavy atom. The summed E-state index contributed by atoms with van der Waals surface area (Å²) < 4.78 is 5.23. The van der Waals surface area contributed by atoms with Gasteiger partial charge >= 0.3 is 0 Å². The van der Waals surface area contributed by atoms with Crippen molar-refractivity contribution in [3.05, 3.63) is 0 Å². The number of carbonyl (C=O) groups is 1. The quantitative estimate of drug-likeness (QED) is 0.706. The highest BCUT2D eigenvalue weighted by Gasteiger charge is 2.35. The van der Waals surface area contributed by atoms with Crippen molar-refractivity contribution >= 4 is 5.91 Å². The van der Waals surface area contributed by atoms with Crippen LogP contribution in [0.2, 0.25) is 0 Å². The molecule has 2 saturated heterocycles. The highest BCUT2D eigenvalue weighted by Crippen LogP contribution is 2.23. The number of rotatable bonds is 3. The lowest BCUT2D eigenvalue weighted by Gasteiger charge is -2.24. The molecule has 0 bridgehead atoms. The van der Waals surface area contributed by atoms with Gasteiger partial charge in [-0.1, -0.05) is 5.92 Å². The standard InChI is InChI=1S/C13H17N3O2/c1-2-11-3-4-12(7-14)16(11)13(17)8-15-10-5-6-18-9-10/h1,10-12,15H,3-6,8-9H2/t10?,11-,12+/m1/s1. The van der Waals surface area contributed by atoms with Crippen LogP contribution in [0.5, 0.6) is 0 Å². The molecule has 96 valence electrons. The van der Waals surface area contributed by atoms with Crippen LogP contribution in [0.3, 0.4) is 0 Å². The number of nitrogens with zero attached hydrogens (tertiary/aromatic N) is 2. The predicted octanol–water partition coefficient (Wildman–Crippen LogP) is -0.119. The van der Waals surface area contributed by atoms with E-state index in [1.807, 2.05) is 0 Å². The van der Waals surface area contributed by atoms with E-state index in [2.05, 4.69) is 17.3 Å². The molecule has 0 spiro atoms. The lowest BCUT2D eigenvalue weighted by molar-refractivity contribution is -0.131. The summed E-state index contributed by atoms with van der Waals surface area (Å²) in [6.45, 7) is 1.61. The van der Waals surface area contributed by atoms with Gasteiger partial charge in [0.25, 0.3) is 0 Å². The van der Waals surface area contributed by atoms with Crippen LogP contribution in [0.15, 0.2) is 0 Å². The SMILES string of the molecule is C#C[C@@H]1CC[C@@H](C#N)N1C(=O)CNC1CCOC1. The predicted molar refractivity (Wildman–Crippen MR) is 65.3 cm³/mol. The van der Waals surface area contributed by atoms with Gasteiger partial charge in [0.1, 0.15) is 6.04 Å². The fraction of sp³-hybridized carbons (Fsp3) is 0.692. The number of amides is 1. The molecule has 0 aromatic heterocycles. The average Bonchev–Trinajstić information content (AvgIpc) is 3.04. The molecule has 2 aliphatic heterocycles. The first kappa shape index (κ1) is 12.9. The molecule has 5 heteroatoms. The molecule has 2 rings (SSSR count). The van der Waals surface area contributed by atoms with Gasteiger partial charge in [0.15, 0.2) is 0 Å². The van der Waals surface area contributed by atoms with Crippen LogP contribution in [0, 0.1) is 23.7 Å². The molecular weight excluding hydrogens is 230 g/mol. The molecule has 2 fully saturated rings. The number of likely N-dealkylation sites (tertiary alicyclic amines) is 1. The van der Waals surface area contributed by atoms with Crippen molar-refractivity contribution < 1.29 is 9.53 Å². The van der Waals surface area contributed by atoms with Gasteiger partial charge in [-0.2, -0.15) is 5.26 Å². The Balaban J connectivity index is 1.90. The number of nitrogens with one attached hydrogen (secondary N) is 1. The van der Waals surface area contributed by atoms with Crippen LogP contribution in [-0.2, 0) is 9.53 Å². The Morgan fingerprint density at radius 1 is 1.44 bits per heavy atom. The van der Waals surface area contributed by atoms with Crippen molar-refractivity contribution in [2.75, 3.05) is 19.8 Å². The van der Waals surface area contributed by atoms with E-state index in [4.69, 9.17) is 16.4 Å². The van der Waals surface area contributed by atoms with Gasteiger partial charge in [0.2, 0.25) is 5.91 Å². The Labute approximate surface area is 107 Å². The van der Waals surface area contributed by atoms with Gasteiger partial charge in [-0.25, -0.2) is 0 Å². The summed E-state index contributed by atoms with van der Waals surface area (Å²) >= 11 is 0. The lowest BCUT2D eigenvalue weighted by Crippen LogP contribution is -2.46. The second-order valence-corrected chi connectivity index (χ2v) is 4.65. The summed E-state index contributed by atoms with van der Waals surface area (Å²) in [5, 5.41) is 12.2. The van der Waals surface area contributed by atoms with E-state index < -0.39 is 0 Å². The first-order valence-corrected chi connectivity index (χ1v) is 6.24. The number of hydrogen-bond donors (Lipinski definition) is 1. The van der Waals surface area contributed by atoms with Crippen LogP contribution in [0.25, 0.3) is 0 Å². The maximum atomic E-state index is 12.1. The third-order valence-corrected chi connectivity index (χ3v) is 3.49. The topological polar surface area (TPSA) is 65.4 Å². The first-order chi connectivity index (χ1) is 8.76. The number of carbonyl (C=O) groups excluding carboxylic acids is 1. The van der Waals surface area contributed by atoms with Crippen molar-refractivity contribution in [1.82, 2.24) is 10.2 Å². The maximum Gasteiger partial charge on any atom is 0.238 e. The smallest absolute Gasteiger partial charge is 0.238 e. The van der Waals surface area contributed by atoms with Gasteiger partial charge < -0.3 is 15.0 Å². The molecule has 2 heterocycles. The zero-order valence-electron chi connectivity index (χ0n) is 10.3. The molecule has 3 atom stereocenters. The summed E-state index contributed by atoms with van der Waals surface area (Å²) in [5.41, 5.74) is 0. The Bertz CT molecular complexity index is 368. The Hall–Kier alpha value is -1.56. The average molecular weight is 247 g/mol. The normalized spacial score (nSPS) is 31.0. The second-order valence-electron chi connectivity index (χ2n) is 4.65. The molecule has 0 aliphatic carbocycles. The summed E-state index contributed by atoms with van der Waals surface area (Å²) in [7, 11) is 0. The second kappa shape index (κ2) is 5.86. The maximum absolute atomic E-state index is 12.1. The van der Waals surface area contributed by atoms with E-state index in [-0.39, 0.29) is 30.6 Å². The molecule has 0 radical (unpaired) electrons. The van der Waals surface area contributed by atoms with Crippen LogP contribution in [0.1, 0.15) is 19.3 Å². The number of hydrogen-bond acceptors (Lipinski definition) is 4. The highest BCUT2D eigenvalue weighted by molar-refractivity contribution is 5.80. The molecule has 1 N–H and O–H groups in total. The van der Waals surface area contributed by atoms with Crippen molar-refractivity contribution in [2.24, 2.45) is 0 Å². The van der Waals surface area contributed by atoms with E-state index in [9.17, 15) is 4.79 Å². The minimum Gasteiger partial charge on any atom is -0.380 e. The van der Waals surface area contributed by atoms with Crippen molar-refractivity contribution in [3.63, 3.8) is 0 Å². The first-order valence-electron chi connectivity index (χ1n) is 6.24. The zero-order valence-corrected chi connectivity index (χ0v) is 10.3. The van der Waals surface area contributed by atoms with Crippen molar-refractivity contribution in [3.8, 4) is 18.4 Å². The van der Waals surface area contributed by atoms with E-state index in [0.717, 1.165) is 13.0 Å². The molecule has 2 aliphatic rings. The minimum absolute atomic E-state index is 0.0890. The van der Waals surface area contributed by atoms with E-state index in [1.165, 1.54) is 0 Å². The van der Waals surface area contributed by atoms with Gasteiger partial charge in [-0.3, -0.25) is 4.79 Å². The summed E-state index contributed by atoms with van der Waals surface area (Å²) in [6, 6.07) is 1.77. The summed E-state index contributed by atoms with van der Waals surface area (Å²) in [4.78, 5) is 13.7. The number of nitriles is 1. The van der Waals surface area contributed by atoms with Crippen molar-refractivity contribution in [1.29, 1.82) is 5.26 Å². The van der Waals surface area contributed by atoms with Gasteiger partial charge in [0.05, 0.1) is 25.3 Å².